The second-order valence-electron chi connectivity index (χ2n) is 8.76. The topological polar surface area (TPSA) is 101 Å². The van der Waals surface area contributed by atoms with Crippen molar-refractivity contribution in [3.05, 3.63) is 58.0 Å². The van der Waals surface area contributed by atoms with Gasteiger partial charge >= 0.3 is 0 Å². The fourth-order valence-electron chi connectivity index (χ4n) is 4.10. The third-order valence-corrected chi connectivity index (χ3v) is 6.05. The highest BCUT2D eigenvalue weighted by molar-refractivity contribution is 5.96. The van der Waals surface area contributed by atoms with E-state index in [-0.39, 0.29) is 17.0 Å². The van der Waals surface area contributed by atoms with Gasteiger partial charge in [-0.15, -0.1) is 0 Å². The molecule has 9 nitrogen and oxygen atoms in total. The Bertz CT molecular complexity index is 1200. The molecule has 1 fully saturated rings. The van der Waals surface area contributed by atoms with Crippen LogP contribution in [-0.4, -0.2) is 65.2 Å². The van der Waals surface area contributed by atoms with Crippen LogP contribution in [0.2, 0.25) is 0 Å². The first-order valence-corrected chi connectivity index (χ1v) is 11.8. The summed E-state index contributed by atoms with van der Waals surface area (Å²) in [6.07, 6.45) is 5.19. The first-order chi connectivity index (χ1) is 16.5. The predicted molar refractivity (Wildman–Crippen MR) is 133 cm³/mol. The van der Waals surface area contributed by atoms with Crippen LogP contribution in [0.4, 0.5) is 11.6 Å². The van der Waals surface area contributed by atoms with Gasteiger partial charge in [0.2, 0.25) is 11.4 Å². The summed E-state index contributed by atoms with van der Waals surface area (Å²) in [4.78, 5) is 36.3. The van der Waals surface area contributed by atoms with Crippen molar-refractivity contribution in [3.8, 4) is 0 Å². The number of amides is 1. The SMILES string of the molecule is CNC(=O)c1cn(C(C)C)c2nc(Nc3ccc(CCCN4CCOCC4)cc3)ncc2c1=O. The highest BCUT2D eigenvalue weighted by Gasteiger charge is 2.17. The van der Waals surface area contributed by atoms with Crippen molar-refractivity contribution in [2.24, 2.45) is 0 Å². The van der Waals surface area contributed by atoms with Crippen molar-refractivity contribution in [2.45, 2.75) is 32.7 Å². The molecule has 0 saturated carbocycles. The molecule has 1 saturated heterocycles. The number of benzene rings is 1. The number of nitrogens with one attached hydrogen (secondary N) is 2. The highest BCUT2D eigenvalue weighted by Crippen LogP contribution is 2.19. The predicted octanol–water partition coefficient (Wildman–Crippen LogP) is 2.74. The molecule has 3 aromatic rings. The van der Waals surface area contributed by atoms with Crippen molar-refractivity contribution in [1.82, 2.24) is 24.8 Å². The summed E-state index contributed by atoms with van der Waals surface area (Å²) in [6.45, 7) is 8.75. The summed E-state index contributed by atoms with van der Waals surface area (Å²) < 4.78 is 7.23. The number of carbonyl (C=O) groups excluding carboxylic acids is 1. The third kappa shape index (κ3) is 5.43. The molecule has 0 atom stereocenters. The lowest BCUT2D eigenvalue weighted by Gasteiger charge is -2.26. The summed E-state index contributed by atoms with van der Waals surface area (Å²) >= 11 is 0. The van der Waals surface area contributed by atoms with Crippen LogP contribution >= 0.6 is 0 Å². The molecule has 34 heavy (non-hydrogen) atoms. The Labute approximate surface area is 199 Å². The van der Waals surface area contributed by atoms with Crippen LogP contribution < -0.4 is 16.1 Å². The van der Waals surface area contributed by atoms with E-state index in [4.69, 9.17) is 4.74 Å². The van der Waals surface area contributed by atoms with E-state index in [0.717, 1.165) is 51.4 Å². The van der Waals surface area contributed by atoms with Crippen LogP contribution in [0.3, 0.4) is 0 Å². The smallest absolute Gasteiger partial charge is 0.256 e. The van der Waals surface area contributed by atoms with Gasteiger partial charge in [-0.05, 0) is 50.9 Å². The molecule has 0 bridgehead atoms. The minimum Gasteiger partial charge on any atom is -0.379 e. The molecule has 1 aliphatic heterocycles. The maximum Gasteiger partial charge on any atom is 0.256 e. The largest absolute Gasteiger partial charge is 0.379 e. The molecular weight excluding hydrogens is 432 g/mol. The summed E-state index contributed by atoms with van der Waals surface area (Å²) in [6, 6.07) is 8.26. The van der Waals surface area contributed by atoms with E-state index < -0.39 is 5.91 Å². The van der Waals surface area contributed by atoms with Crippen molar-refractivity contribution in [3.63, 3.8) is 0 Å². The molecule has 1 aliphatic rings. The van der Waals surface area contributed by atoms with Crippen LogP contribution in [0, 0.1) is 0 Å². The molecule has 0 spiro atoms. The molecular formula is C25H32N6O3. The van der Waals surface area contributed by atoms with Gasteiger partial charge in [0.1, 0.15) is 11.2 Å². The Morgan fingerprint density at radius 1 is 1.18 bits per heavy atom. The maximum atomic E-state index is 12.8. The molecule has 0 aliphatic carbocycles. The minimum absolute atomic E-state index is 0.00556. The third-order valence-electron chi connectivity index (χ3n) is 6.05. The number of pyridine rings is 1. The van der Waals surface area contributed by atoms with Gasteiger partial charge in [0, 0.05) is 44.3 Å². The Morgan fingerprint density at radius 3 is 2.59 bits per heavy atom. The maximum absolute atomic E-state index is 12.8. The Kier molecular flexibility index (Phi) is 7.54. The monoisotopic (exact) mass is 464 g/mol. The fraction of sp³-hybridized carbons (Fsp3) is 0.440. The number of aromatic nitrogens is 3. The van der Waals surface area contributed by atoms with Gasteiger partial charge in [0.05, 0.1) is 18.6 Å². The summed E-state index contributed by atoms with van der Waals surface area (Å²) in [5, 5.41) is 6.06. The molecule has 2 aromatic heterocycles. The van der Waals surface area contributed by atoms with Crippen LogP contribution in [0.5, 0.6) is 0 Å². The van der Waals surface area contributed by atoms with Crippen LogP contribution in [-0.2, 0) is 11.2 Å². The number of ether oxygens (including phenoxy) is 1. The first kappa shape index (κ1) is 23.8. The van der Waals surface area contributed by atoms with Gasteiger partial charge in [0.25, 0.3) is 5.91 Å². The molecule has 0 unspecified atom stereocenters. The lowest BCUT2D eigenvalue weighted by atomic mass is 10.1. The molecule has 1 aromatic carbocycles. The van der Waals surface area contributed by atoms with E-state index in [9.17, 15) is 9.59 Å². The summed E-state index contributed by atoms with van der Waals surface area (Å²) in [5.41, 5.74) is 2.35. The fourth-order valence-corrected chi connectivity index (χ4v) is 4.10. The van der Waals surface area contributed by atoms with Gasteiger partial charge < -0.3 is 19.9 Å². The zero-order valence-corrected chi connectivity index (χ0v) is 20.0. The average Bonchev–Trinajstić information content (AvgIpc) is 2.85. The molecule has 1 amide bonds. The van der Waals surface area contributed by atoms with Gasteiger partial charge in [0.15, 0.2) is 0 Å². The van der Waals surface area contributed by atoms with E-state index in [1.165, 1.54) is 18.8 Å². The molecule has 0 radical (unpaired) electrons. The number of fused-ring (bicyclic) bond motifs is 1. The van der Waals surface area contributed by atoms with Gasteiger partial charge in [-0.1, -0.05) is 12.1 Å². The van der Waals surface area contributed by atoms with E-state index >= 15 is 0 Å². The van der Waals surface area contributed by atoms with E-state index in [0.29, 0.717) is 17.0 Å². The lowest BCUT2D eigenvalue weighted by molar-refractivity contribution is 0.0374. The molecule has 3 heterocycles. The van der Waals surface area contributed by atoms with E-state index in [2.05, 4.69) is 37.6 Å². The molecule has 9 heteroatoms. The second-order valence-corrected chi connectivity index (χ2v) is 8.76. The van der Waals surface area contributed by atoms with Crippen molar-refractivity contribution in [2.75, 3.05) is 45.2 Å². The molecule has 2 N–H and O–H groups in total. The minimum atomic E-state index is -0.423. The van der Waals surface area contributed by atoms with Crippen molar-refractivity contribution < 1.29 is 9.53 Å². The van der Waals surface area contributed by atoms with E-state index in [1.54, 1.807) is 6.20 Å². The number of rotatable bonds is 8. The number of aryl methyl sites for hydroxylation is 1. The van der Waals surface area contributed by atoms with Crippen LogP contribution in [0.1, 0.15) is 42.2 Å². The Hall–Kier alpha value is -3.30. The second kappa shape index (κ2) is 10.8. The lowest BCUT2D eigenvalue weighted by Crippen LogP contribution is -2.36. The van der Waals surface area contributed by atoms with Gasteiger partial charge in [-0.2, -0.15) is 4.98 Å². The van der Waals surface area contributed by atoms with E-state index in [1.807, 2.05) is 30.5 Å². The van der Waals surface area contributed by atoms with Crippen molar-refractivity contribution in [1.29, 1.82) is 0 Å². The standard InChI is InChI=1S/C25H32N6O3/c1-17(2)31-16-21(24(33)26-3)22(32)20-15-27-25(29-23(20)31)28-19-8-6-18(7-9-19)5-4-10-30-11-13-34-14-12-30/h6-9,15-17H,4-5,10-14H2,1-3H3,(H,26,33)(H,27,28,29). The summed E-state index contributed by atoms with van der Waals surface area (Å²) in [5.74, 6) is -0.0254. The number of hydrogen-bond donors (Lipinski definition) is 2. The van der Waals surface area contributed by atoms with Crippen LogP contribution in [0.15, 0.2) is 41.5 Å². The molecule has 4 rings (SSSR count). The number of nitrogens with zero attached hydrogens (tertiary/aromatic N) is 4. The average molecular weight is 465 g/mol. The number of carbonyl (C=O) groups is 1. The zero-order chi connectivity index (χ0) is 24.1. The number of anilines is 2. The van der Waals surface area contributed by atoms with Gasteiger partial charge in [-0.3, -0.25) is 14.5 Å². The zero-order valence-electron chi connectivity index (χ0n) is 20.0. The van der Waals surface area contributed by atoms with Crippen LogP contribution in [0.25, 0.3) is 11.0 Å². The normalized spacial score (nSPS) is 14.5. The van der Waals surface area contributed by atoms with Crippen molar-refractivity contribution >= 4 is 28.6 Å². The summed E-state index contributed by atoms with van der Waals surface area (Å²) in [7, 11) is 1.50. The Balaban J connectivity index is 1.48. The Morgan fingerprint density at radius 2 is 1.91 bits per heavy atom. The number of hydrogen-bond acceptors (Lipinski definition) is 7. The highest BCUT2D eigenvalue weighted by atomic mass is 16.5. The van der Waals surface area contributed by atoms with Gasteiger partial charge in [-0.25, -0.2) is 4.98 Å². The first-order valence-electron chi connectivity index (χ1n) is 11.8. The quantitative estimate of drug-likeness (QED) is 0.529. The molecule has 180 valence electrons. The number of morpholine rings is 1.